The molecule has 2 nitrogen and oxygen atoms in total. The van der Waals surface area contributed by atoms with Gasteiger partial charge in [0.1, 0.15) is 0 Å². The van der Waals surface area contributed by atoms with Crippen LogP contribution in [0.4, 0.5) is 0 Å². The molecule has 1 aliphatic rings. The van der Waals surface area contributed by atoms with Gasteiger partial charge < -0.3 is 5.32 Å². The van der Waals surface area contributed by atoms with Crippen LogP contribution < -0.4 is 5.32 Å². The Balaban J connectivity index is 1.97. The summed E-state index contributed by atoms with van der Waals surface area (Å²) in [6, 6.07) is 4.80. The number of hydrogen-bond acceptors (Lipinski definition) is 3. The molecule has 0 saturated carbocycles. The summed E-state index contributed by atoms with van der Waals surface area (Å²) in [5.74, 6) is 1.32. The van der Waals surface area contributed by atoms with Gasteiger partial charge >= 0.3 is 0 Å². The third-order valence-electron chi connectivity index (χ3n) is 3.54. The van der Waals surface area contributed by atoms with Crippen molar-refractivity contribution in [1.29, 1.82) is 0 Å². The quantitative estimate of drug-likeness (QED) is 0.844. The maximum Gasteiger partial charge on any atom is 0.0420 e. The van der Waals surface area contributed by atoms with Crippen LogP contribution in [-0.4, -0.2) is 28.6 Å². The number of nitrogens with zero attached hydrogens (tertiary/aromatic N) is 1. The number of thioether (sulfide) groups is 1. The summed E-state index contributed by atoms with van der Waals surface area (Å²) >= 11 is 5.59. The van der Waals surface area contributed by atoms with Crippen LogP contribution in [-0.2, 0) is 6.42 Å². The van der Waals surface area contributed by atoms with Gasteiger partial charge in [-0.3, -0.25) is 4.98 Å². The molecule has 1 aromatic heterocycles. The van der Waals surface area contributed by atoms with Crippen molar-refractivity contribution in [2.24, 2.45) is 0 Å². The van der Waals surface area contributed by atoms with Crippen molar-refractivity contribution in [1.82, 2.24) is 10.3 Å². The molecule has 2 rings (SSSR count). The van der Waals surface area contributed by atoms with Crippen molar-refractivity contribution in [2.75, 3.05) is 12.3 Å². The third kappa shape index (κ3) is 5.09. The zero-order valence-corrected chi connectivity index (χ0v) is 14.0. The Morgan fingerprint density at radius 2 is 2.37 bits per heavy atom. The lowest BCUT2D eigenvalue weighted by Crippen LogP contribution is -2.41. The first-order chi connectivity index (χ1) is 9.29. The van der Waals surface area contributed by atoms with E-state index in [1.165, 1.54) is 37.1 Å². The molecule has 0 radical (unpaired) electrons. The molecule has 2 heterocycles. The van der Waals surface area contributed by atoms with Crippen LogP contribution in [0.2, 0.25) is 0 Å². The summed E-state index contributed by atoms with van der Waals surface area (Å²) in [7, 11) is 0. The van der Waals surface area contributed by atoms with Gasteiger partial charge in [-0.15, -0.1) is 0 Å². The van der Waals surface area contributed by atoms with Crippen LogP contribution in [0.25, 0.3) is 0 Å². The molecule has 106 valence electrons. The van der Waals surface area contributed by atoms with Gasteiger partial charge in [0.05, 0.1) is 0 Å². The van der Waals surface area contributed by atoms with Crippen molar-refractivity contribution in [3.63, 3.8) is 0 Å². The normalized spacial score (nSPS) is 21.3. The molecule has 0 spiro atoms. The highest BCUT2D eigenvalue weighted by atomic mass is 79.9. The molecule has 0 bridgehead atoms. The van der Waals surface area contributed by atoms with E-state index in [1.54, 1.807) is 0 Å². The minimum Gasteiger partial charge on any atom is -0.312 e. The third-order valence-corrected chi connectivity index (χ3v) is 5.52. The average Bonchev–Trinajstić information content (AvgIpc) is 2.46. The van der Waals surface area contributed by atoms with Crippen LogP contribution in [0.15, 0.2) is 22.8 Å². The van der Waals surface area contributed by atoms with Crippen LogP contribution >= 0.6 is 27.7 Å². The van der Waals surface area contributed by atoms with Crippen LogP contribution in [0, 0.1) is 0 Å². The van der Waals surface area contributed by atoms with Gasteiger partial charge in [-0.1, -0.05) is 13.3 Å². The van der Waals surface area contributed by atoms with E-state index in [0.717, 1.165) is 22.7 Å². The van der Waals surface area contributed by atoms with E-state index in [4.69, 9.17) is 0 Å². The van der Waals surface area contributed by atoms with Crippen LogP contribution in [0.1, 0.15) is 38.3 Å². The number of aromatic nitrogens is 1. The molecular weight excluding hydrogens is 320 g/mol. The summed E-state index contributed by atoms with van der Waals surface area (Å²) in [5, 5.41) is 4.48. The fourth-order valence-electron chi connectivity index (χ4n) is 2.50. The highest BCUT2D eigenvalue weighted by Crippen LogP contribution is 2.29. The fraction of sp³-hybridized carbons (Fsp3) is 0.667. The Kier molecular flexibility index (Phi) is 6.68. The van der Waals surface area contributed by atoms with E-state index >= 15 is 0 Å². The van der Waals surface area contributed by atoms with Gasteiger partial charge in [0.2, 0.25) is 0 Å². The Hall–Kier alpha value is -0.0600. The van der Waals surface area contributed by atoms with E-state index in [0.29, 0.717) is 6.04 Å². The molecule has 0 aromatic carbocycles. The highest BCUT2D eigenvalue weighted by molar-refractivity contribution is 9.10. The summed E-state index contributed by atoms with van der Waals surface area (Å²) in [4.78, 5) is 4.52. The Morgan fingerprint density at radius 3 is 3.00 bits per heavy atom. The SMILES string of the molecule is CCCNC(Cc1ccc(Br)cn1)C1CCCCS1. The van der Waals surface area contributed by atoms with Crippen molar-refractivity contribution >= 4 is 27.7 Å². The minimum absolute atomic E-state index is 0.568. The molecule has 19 heavy (non-hydrogen) atoms. The molecule has 1 saturated heterocycles. The summed E-state index contributed by atoms with van der Waals surface area (Å²) in [6.07, 6.45) is 8.27. The second-order valence-corrected chi connectivity index (χ2v) is 7.40. The van der Waals surface area contributed by atoms with Gasteiger partial charge in [0.25, 0.3) is 0 Å². The lowest BCUT2D eigenvalue weighted by Gasteiger charge is -2.30. The number of hydrogen-bond donors (Lipinski definition) is 1. The summed E-state index contributed by atoms with van der Waals surface area (Å²) in [6.45, 7) is 3.34. The average molecular weight is 343 g/mol. The van der Waals surface area contributed by atoms with Crippen LogP contribution in [0.5, 0.6) is 0 Å². The Labute approximate surface area is 129 Å². The molecule has 0 amide bonds. The molecule has 1 fully saturated rings. The van der Waals surface area contributed by atoms with E-state index in [1.807, 2.05) is 6.20 Å². The van der Waals surface area contributed by atoms with E-state index in [2.05, 4.69) is 57.0 Å². The number of nitrogens with one attached hydrogen (secondary N) is 1. The predicted octanol–water partition coefficient (Wildman–Crippen LogP) is 4.04. The lowest BCUT2D eigenvalue weighted by molar-refractivity contribution is 0.458. The number of rotatable bonds is 6. The largest absolute Gasteiger partial charge is 0.312 e. The van der Waals surface area contributed by atoms with Gasteiger partial charge in [-0.25, -0.2) is 0 Å². The molecule has 1 aromatic rings. The van der Waals surface area contributed by atoms with Crippen molar-refractivity contribution in [2.45, 2.75) is 50.3 Å². The predicted molar refractivity (Wildman–Crippen MR) is 87.8 cm³/mol. The van der Waals surface area contributed by atoms with E-state index < -0.39 is 0 Å². The van der Waals surface area contributed by atoms with Gasteiger partial charge in [0.15, 0.2) is 0 Å². The highest BCUT2D eigenvalue weighted by Gasteiger charge is 2.24. The van der Waals surface area contributed by atoms with Crippen molar-refractivity contribution in [3.05, 3.63) is 28.5 Å². The maximum absolute atomic E-state index is 4.52. The smallest absolute Gasteiger partial charge is 0.0420 e. The standard InChI is InChI=1S/C15H23BrN2S/c1-2-8-17-14(15-5-3-4-9-19-15)10-13-7-6-12(16)11-18-13/h6-7,11,14-15,17H,2-5,8-10H2,1H3. The first-order valence-corrected chi connectivity index (χ1v) is 9.09. The molecule has 2 unspecified atom stereocenters. The Morgan fingerprint density at radius 1 is 1.47 bits per heavy atom. The van der Waals surface area contributed by atoms with E-state index in [9.17, 15) is 0 Å². The van der Waals surface area contributed by atoms with Gasteiger partial charge in [0, 0.05) is 34.1 Å². The molecule has 2 atom stereocenters. The first-order valence-electron chi connectivity index (χ1n) is 7.25. The summed E-state index contributed by atoms with van der Waals surface area (Å²) in [5.41, 5.74) is 1.20. The topological polar surface area (TPSA) is 24.9 Å². The lowest BCUT2D eigenvalue weighted by atomic mass is 10.0. The second-order valence-electron chi connectivity index (χ2n) is 5.14. The van der Waals surface area contributed by atoms with Crippen LogP contribution in [0.3, 0.4) is 0 Å². The van der Waals surface area contributed by atoms with E-state index in [-0.39, 0.29) is 0 Å². The first kappa shape index (κ1) is 15.3. The Bertz CT molecular complexity index is 363. The van der Waals surface area contributed by atoms with Gasteiger partial charge in [-0.2, -0.15) is 11.8 Å². The minimum atomic E-state index is 0.568. The molecule has 1 aliphatic heterocycles. The number of pyridine rings is 1. The van der Waals surface area contributed by atoms with Gasteiger partial charge in [-0.05, 0) is 59.6 Å². The molecule has 0 aliphatic carbocycles. The van der Waals surface area contributed by atoms with Crippen molar-refractivity contribution < 1.29 is 0 Å². The zero-order valence-electron chi connectivity index (χ0n) is 11.6. The number of halogens is 1. The molecular formula is C15H23BrN2S. The maximum atomic E-state index is 4.52. The molecule has 1 N–H and O–H groups in total. The van der Waals surface area contributed by atoms with Crippen molar-refractivity contribution in [3.8, 4) is 0 Å². The second kappa shape index (κ2) is 8.28. The zero-order chi connectivity index (χ0) is 13.5. The molecule has 4 heteroatoms. The fourth-order valence-corrected chi connectivity index (χ4v) is 4.17. The monoisotopic (exact) mass is 342 g/mol. The summed E-state index contributed by atoms with van der Waals surface area (Å²) < 4.78 is 1.06.